The summed E-state index contributed by atoms with van der Waals surface area (Å²) in [6.07, 6.45) is 4.75. The highest BCUT2D eigenvalue weighted by Gasteiger charge is 2.48. The highest BCUT2D eigenvalue weighted by Crippen LogP contribution is 2.51. The lowest BCUT2D eigenvalue weighted by Crippen LogP contribution is -2.51. The topological polar surface area (TPSA) is 120 Å². The number of rotatable bonds is 9. The molecule has 2 aliphatic rings. The number of nitrogens with one attached hydrogen (secondary N) is 2. The average Bonchev–Trinajstić information content (AvgIpc) is 3.72. The van der Waals surface area contributed by atoms with Crippen molar-refractivity contribution in [3.63, 3.8) is 0 Å². The molecular weight excluding hydrogens is 491 g/mol. The van der Waals surface area contributed by atoms with Gasteiger partial charge in [0, 0.05) is 5.56 Å². The lowest BCUT2D eigenvalue weighted by atomic mass is 9.88. The lowest BCUT2D eigenvalue weighted by Gasteiger charge is -2.28. The molecule has 10 nitrogen and oxygen atoms in total. The maximum atomic E-state index is 14.9. The van der Waals surface area contributed by atoms with Crippen LogP contribution in [-0.4, -0.2) is 50.7 Å². The van der Waals surface area contributed by atoms with Crippen molar-refractivity contribution in [2.24, 2.45) is 17.8 Å². The van der Waals surface area contributed by atoms with E-state index in [0.29, 0.717) is 17.4 Å². The van der Waals surface area contributed by atoms with E-state index in [-0.39, 0.29) is 22.6 Å². The van der Waals surface area contributed by atoms with Crippen molar-refractivity contribution >= 4 is 29.3 Å². The van der Waals surface area contributed by atoms with Gasteiger partial charge in [0.25, 0.3) is 5.95 Å². The van der Waals surface area contributed by atoms with E-state index < -0.39 is 35.6 Å². The fourth-order valence-corrected chi connectivity index (χ4v) is 4.65. The van der Waals surface area contributed by atoms with E-state index in [0.717, 1.165) is 25.7 Å². The highest BCUT2D eigenvalue weighted by molar-refractivity contribution is 6.29. The van der Waals surface area contributed by atoms with Crippen LogP contribution < -0.4 is 15.4 Å². The monoisotopic (exact) mass is 522 g/mol. The van der Waals surface area contributed by atoms with Crippen LogP contribution in [0.4, 0.5) is 14.9 Å². The van der Waals surface area contributed by atoms with Crippen LogP contribution in [0, 0.1) is 23.7 Å². The van der Waals surface area contributed by atoms with Gasteiger partial charge in [-0.3, -0.25) is 9.48 Å². The Morgan fingerprint density at radius 1 is 1.19 bits per heavy atom. The normalized spacial score (nSPS) is 17.4. The van der Waals surface area contributed by atoms with Gasteiger partial charge >= 0.3 is 6.09 Å². The number of amides is 2. The number of anilines is 1. The van der Waals surface area contributed by atoms with Crippen LogP contribution in [0.3, 0.4) is 0 Å². The van der Waals surface area contributed by atoms with Crippen LogP contribution >= 0.6 is 11.6 Å². The van der Waals surface area contributed by atoms with Crippen molar-refractivity contribution < 1.29 is 23.5 Å². The van der Waals surface area contributed by atoms with Crippen molar-refractivity contribution in [1.29, 1.82) is 0 Å². The number of aromatic nitrogens is 4. The number of hydrogen-bond acceptors (Lipinski definition) is 7. The number of hydrogen-bond donors (Lipinski definition) is 2. The summed E-state index contributed by atoms with van der Waals surface area (Å²) in [5.41, 5.74) is -0.264. The standard InChI is InChI=1S/C24H32ClFN6O4/c1-12(15-10-17(25)29-30-22(15)35-5)32-11-16(20(26)31-32)27-21(33)19(28-23(34)36-24(2,3)4)18(13-6-7-13)14-8-9-14/h10-14,18-19H,6-9H2,1-5H3,(H,27,33)(H,28,34)/t12?,19-/m0/s1. The molecule has 2 aliphatic carbocycles. The number of alkyl carbamates (subject to hydrolysis) is 1. The summed E-state index contributed by atoms with van der Waals surface area (Å²) < 4.78 is 26.8. The van der Waals surface area contributed by atoms with Gasteiger partial charge in [0.1, 0.15) is 17.3 Å². The van der Waals surface area contributed by atoms with Gasteiger partial charge in [-0.05, 0) is 77.2 Å². The van der Waals surface area contributed by atoms with Gasteiger partial charge in [-0.25, -0.2) is 4.79 Å². The predicted octanol–water partition coefficient (Wildman–Crippen LogP) is 4.35. The van der Waals surface area contributed by atoms with Gasteiger partial charge in [-0.2, -0.15) is 4.39 Å². The molecule has 2 aromatic heterocycles. The van der Waals surface area contributed by atoms with E-state index in [1.807, 2.05) is 0 Å². The summed E-state index contributed by atoms with van der Waals surface area (Å²) in [7, 11) is 1.44. The number of carbonyl (C=O) groups excluding carboxylic acids is 2. The van der Waals surface area contributed by atoms with Gasteiger partial charge in [0.15, 0.2) is 5.15 Å². The third kappa shape index (κ3) is 6.24. The molecule has 2 N–H and O–H groups in total. The molecular formula is C24H32ClFN6O4. The average molecular weight is 523 g/mol. The summed E-state index contributed by atoms with van der Waals surface area (Å²) in [6, 6.07) is 0.199. The van der Waals surface area contributed by atoms with E-state index in [1.54, 1.807) is 33.8 Å². The quantitative estimate of drug-likeness (QED) is 0.502. The summed E-state index contributed by atoms with van der Waals surface area (Å²) in [6.45, 7) is 7.03. The molecule has 2 heterocycles. The Hall–Kier alpha value is -2.95. The van der Waals surface area contributed by atoms with E-state index in [9.17, 15) is 14.0 Å². The fraction of sp³-hybridized carbons (Fsp3) is 0.625. The smallest absolute Gasteiger partial charge is 0.408 e. The minimum absolute atomic E-state index is 0.0242. The highest BCUT2D eigenvalue weighted by atomic mass is 35.5. The zero-order chi connectivity index (χ0) is 26.2. The van der Waals surface area contributed by atoms with Crippen molar-refractivity contribution in [3.8, 4) is 5.88 Å². The van der Waals surface area contributed by atoms with E-state index >= 15 is 0 Å². The zero-order valence-electron chi connectivity index (χ0n) is 21.0. The Balaban J connectivity index is 1.55. The summed E-state index contributed by atoms with van der Waals surface area (Å²) in [4.78, 5) is 26.0. The Labute approximate surface area is 214 Å². The number of halogens is 2. The molecule has 0 spiro atoms. The summed E-state index contributed by atoms with van der Waals surface area (Å²) in [5.74, 6) is -0.440. The summed E-state index contributed by atoms with van der Waals surface area (Å²) >= 11 is 5.98. The van der Waals surface area contributed by atoms with Gasteiger partial charge in [-0.15, -0.1) is 15.3 Å². The van der Waals surface area contributed by atoms with Gasteiger partial charge in [0.05, 0.1) is 19.3 Å². The van der Waals surface area contributed by atoms with Crippen LogP contribution in [-0.2, 0) is 9.53 Å². The molecule has 0 saturated heterocycles. The Kier molecular flexibility index (Phi) is 7.40. The van der Waals surface area contributed by atoms with Crippen molar-refractivity contribution in [3.05, 3.63) is 28.9 Å². The lowest BCUT2D eigenvalue weighted by molar-refractivity contribution is -0.120. The number of ether oxygens (including phenoxy) is 2. The third-order valence-electron chi connectivity index (χ3n) is 6.42. The van der Waals surface area contributed by atoms with E-state index in [2.05, 4.69) is 25.9 Å². The first kappa shape index (κ1) is 26.1. The van der Waals surface area contributed by atoms with Crippen molar-refractivity contribution in [1.82, 2.24) is 25.3 Å². The first-order chi connectivity index (χ1) is 17.0. The van der Waals surface area contributed by atoms with Crippen LogP contribution in [0.1, 0.15) is 65.0 Å². The van der Waals surface area contributed by atoms with Crippen molar-refractivity contribution in [2.75, 3.05) is 12.4 Å². The van der Waals surface area contributed by atoms with Gasteiger partial charge in [0.2, 0.25) is 11.8 Å². The number of carbonyl (C=O) groups is 2. The molecule has 2 aromatic rings. The molecule has 0 radical (unpaired) electrons. The molecule has 0 aliphatic heterocycles. The molecule has 196 valence electrons. The second kappa shape index (κ2) is 10.2. The van der Waals surface area contributed by atoms with Gasteiger partial charge < -0.3 is 20.1 Å². The molecule has 2 fully saturated rings. The number of nitrogens with zero attached hydrogens (tertiary/aromatic N) is 4. The second-order valence-corrected chi connectivity index (χ2v) is 10.9. The maximum absolute atomic E-state index is 14.9. The Morgan fingerprint density at radius 3 is 2.39 bits per heavy atom. The minimum Gasteiger partial charge on any atom is -0.480 e. The molecule has 2 saturated carbocycles. The predicted molar refractivity (Wildman–Crippen MR) is 130 cm³/mol. The summed E-state index contributed by atoms with van der Waals surface area (Å²) in [5, 5.41) is 17.1. The Bertz CT molecular complexity index is 1120. The Morgan fingerprint density at radius 2 is 1.83 bits per heavy atom. The number of methoxy groups -OCH3 is 1. The SMILES string of the molecule is COc1nnc(Cl)cc1C(C)n1cc(NC(=O)[C@@H](NC(=O)OC(C)(C)C)C(C2CC2)C2CC2)c(F)n1. The molecule has 4 rings (SSSR count). The van der Waals surface area contributed by atoms with E-state index in [1.165, 1.54) is 18.0 Å². The van der Waals surface area contributed by atoms with Crippen molar-refractivity contribution in [2.45, 2.75) is 71.1 Å². The zero-order valence-corrected chi connectivity index (χ0v) is 21.8. The molecule has 12 heteroatoms. The molecule has 2 amide bonds. The third-order valence-corrected chi connectivity index (χ3v) is 6.60. The largest absolute Gasteiger partial charge is 0.480 e. The van der Waals surface area contributed by atoms with Crippen LogP contribution in [0.25, 0.3) is 0 Å². The van der Waals surface area contributed by atoms with Crippen LogP contribution in [0.5, 0.6) is 5.88 Å². The molecule has 0 aromatic carbocycles. The molecule has 36 heavy (non-hydrogen) atoms. The second-order valence-electron chi connectivity index (χ2n) is 10.5. The van der Waals surface area contributed by atoms with E-state index in [4.69, 9.17) is 21.1 Å². The molecule has 0 bridgehead atoms. The molecule has 1 unspecified atom stereocenters. The first-order valence-corrected chi connectivity index (χ1v) is 12.5. The van der Waals surface area contributed by atoms with Gasteiger partial charge in [-0.1, -0.05) is 11.6 Å². The minimum atomic E-state index is -0.854. The first-order valence-electron chi connectivity index (χ1n) is 12.1. The van der Waals surface area contributed by atoms with Crippen LogP contribution in [0.15, 0.2) is 12.3 Å². The molecule has 2 atom stereocenters. The fourth-order valence-electron chi connectivity index (χ4n) is 4.50. The maximum Gasteiger partial charge on any atom is 0.408 e. The van der Waals surface area contributed by atoms with Crippen LogP contribution in [0.2, 0.25) is 5.15 Å².